The van der Waals surface area contributed by atoms with Crippen molar-refractivity contribution in [2.24, 2.45) is 16.8 Å². The number of oxime groups is 1. The average Bonchev–Trinajstić information content (AvgIpc) is 2.38. The molecule has 4 N–H and O–H groups in total. The zero-order valence-corrected chi connectivity index (χ0v) is 10.6. The van der Waals surface area contributed by atoms with Gasteiger partial charge in [0.05, 0.1) is 6.04 Å². The second-order valence-electron chi connectivity index (χ2n) is 4.30. The van der Waals surface area contributed by atoms with Crippen molar-refractivity contribution in [2.45, 2.75) is 26.4 Å². The lowest BCUT2D eigenvalue weighted by atomic mass is 10.1. The van der Waals surface area contributed by atoms with E-state index in [9.17, 15) is 0 Å². The Labute approximate surface area is 107 Å². The van der Waals surface area contributed by atoms with Gasteiger partial charge in [-0.3, -0.25) is 10.3 Å². The molecule has 0 radical (unpaired) electrons. The van der Waals surface area contributed by atoms with E-state index in [2.05, 4.69) is 35.2 Å². The monoisotopic (exact) mass is 246 g/mol. The third-order valence-corrected chi connectivity index (χ3v) is 2.57. The maximum absolute atomic E-state index is 8.59. The molecule has 18 heavy (non-hydrogen) atoms. The lowest BCUT2D eigenvalue weighted by Gasteiger charge is -2.16. The Balaban J connectivity index is 2.72. The molecule has 0 amide bonds. The fourth-order valence-corrected chi connectivity index (χ4v) is 1.49. The molecule has 0 fully saturated rings. The maximum Gasteiger partial charge on any atom is 0.188 e. The van der Waals surface area contributed by atoms with Crippen molar-refractivity contribution < 1.29 is 5.21 Å². The lowest BCUT2D eigenvalue weighted by Crippen LogP contribution is -2.31. The van der Waals surface area contributed by atoms with Gasteiger partial charge < -0.3 is 10.9 Å². The number of rotatable bonds is 5. The molecule has 5 nitrogen and oxygen atoms in total. The van der Waals surface area contributed by atoms with Crippen molar-refractivity contribution in [2.75, 3.05) is 0 Å². The predicted molar refractivity (Wildman–Crippen MR) is 71.0 cm³/mol. The molecule has 0 spiro atoms. The minimum absolute atomic E-state index is 0.00536. The fraction of sp³-hybridized carbons (Fsp3) is 0.385. The molecule has 1 aromatic rings. The third-order valence-electron chi connectivity index (χ3n) is 2.57. The summed E-state index contributed by atoms with van der Waals surface area (Å²) < 4.78 is 0. The van der Waals surface area contributed by atoms with E-state index >= 15 is 0 Å². The topological polar surface area (TPSA) is 83.5 Å². The van der Waals surface area contributed by atoms with Gasteiger partial charge in [0.1, 0.15) is 5.69 Å². The van der Waals surface area contributed by atoms with Crippen LogP contribution in [0.3, 0.4) is 0 Å². The maximum atomic E-state index is 8.59. The smallest absolute Gasteiger partial charge is 0.188 e. The van der Waals surface area contributed by atoms with Crippen molar-refractivity contribution in [3.63, 3.8) is 0 Å². The molecule has 1 heterocycles. The van der Waals surface area contributed by atoms with Gasteiger partial charge in [-0.2, -0.15) is 0 Å². The molecule has 0 aliphatic rings. The number of terminal acetylenes is 1. The predicted octanol–water partition coefficient (Wildman–Crippen LogP) is 0.923. The lowest BCUT2D eigenvalue weighted by molar-refractivity contribution is 0.318. The first kappa shape index (κ1) is 14.0. The first-order valence-electron chi connectivity index (χ1n) is 5.70. The summed E-state index contributed by atoms with van der Waals surface area (Å²) in [6.45, 7) is 4.74. The molecule has 0 bridgehead atoms. The number of nitrogens with one attached hydrogen (secondary N) is 1. The molecule has 0 aliphatic heterocycles. The van der Waals surface area contributed by atoms with Crippen LogP contribution in [0, 0.1) is 18.3 Å². The van der Waals surface area contributed by atoms with E-state index in [0.29, 0.717) is 18.2 Å². The largest absolute Gasteiger partial charge is 0.409 e. The van der Waals surface area contributed by atoms with E-state index < -0.39 is 0 Å². The molecule has 0 aliphatic carbocycles. The summed E-state index contributed by atoms with van der Waals surface area (Å²) in [6.07, 6.45) is 7.06. The Kier molecular flexibility index (Phi) is 5.15. The van der Waals surface area contributed by atoms with Crippen molar-refractivity contribution in [3.05, 3.63) is 29.6 Å². The number of nitrogens with zero attached hydrogens (tertiary/aromatic N) is 2. The Morgan fingerprint density at radius 3 is 2.94 bits per heavy atom. The van der Waals surface area contributed by atoms with Gasteiger partial charge in [-0.05, 0) is 23.6 Å². The molecule has 5 heteroatoms. The highest BCUT2D eigenvalue weighted by Crippen LogP contribution is 2.05. The summed E-state index contributed by atoms with van der Waals surface area (Å²) >= 11 is 0. The number of amidine groups is 1. The summed E-state index contributed by atoms with van der Waals surface area (Å²) in [6, 6.07) is 3.64. The van der Waals surface area contributed by atoms with Crippen LogP contribution in [-0.2, 0) is 6.54 Å². The average molecular weight is 246 g/mol. The van der Waals surface area contributed by atoms with Crippen molar-refractivity contribution in [1.82, 2.24) is 10.3 Å². The zero-order chi connectivity index (χ0) is 13.5. The van der Waals surface area contributed by atoms with Gasteiger partial charge in [0.2, 0.25) is 0 Å². The van der Waals surface area contributed by atoms with Crippen LogP contribution in [0.5, 0.6) is 0 Å². The van der Waals surface area contributed by atoms with Crippen LogP contribution >= 0.6 is 0 Å². The summed E-state index contributed by atoms with van der Waals surface area (Å²) in [4.78, 5) is 4.01. The molecule has 1 unspecified atom stereocenters. The molecule has 1 atom stereocenters. The fourth-order valence-electron chi connectivity index (χ4n) is 1.49. The van der Waals surface area contributed by atoms with Gasteiger partial charge in [0.25, 0.3) is 0 Å². The summed E-state index contributed by atoms with van der Waals surface area (Å²) in [5.74, 6) is 3.06. The molecule has 0 saturated heterocycles. The van der Waals surface area contributed by atoms with Crippen LogP contribution in [0.25, 0.3) is 0 Å². The van der Waals surface area contributed by atoms with Crippen molar-refractivity contribution in [1.29, 1.82) is 0 Å². The second kappa shape index (κ2) is 6.62. The van der Waals surface area contributed by atoms with Crippen LogP contribution in [0.15, 0.2) is 23.5 Å². The number of aromatic nitrogens is 1. The Hall–Kier alpha value is -2.06. The normalized spacial score (nSPS) is 13.3. The number of hydrogen-bond acceptors (Lipinski definition) is 4. The van der Waals surface area contributed by atoms with Crippen molar-refractivity contribution in [3.8, 4) is 12.3 Å². The number of nitrogens with two attached hydrogens (primary N) is 1. The highest BCUT2D eigenvalue weighted by atomic mass is 16.4. The van der Waals surface area contributed by atoms with Crippen LogP contribution in [0.1, 0.15) is 25.1 Å². The van der Waals surface area contributed by atoms with Gasteiger partial charge in [0, 0.05) is 12.7 Å². The van der Waals surface area contributed by atoms with Crippen LogP contribution in [0.4, 0.5) is 0 Å². The molecular formula is C13H18N4O. The van der Waals surface area contributed by atoms with Crippen LogP contribution < -0.4 is 11.1 Å². The first-order chi connectivity index (χ1) is 8.58. The Bertz CT molecular complexity index is 462. The third kappa shape index (κ3) is 3.75. The second-order valence-corrected chi connectivity index (χ2v) is 4.30. The van der Waals surface area contributed by atoms with Gasteiger partial charge in [-0.15, -0.1) is 6.42 Å². The van der Waals surface area contributed by atoms with E-state index in [1.807, 2.05) is 6.07 Å². The minimum atomic E-state index is -0.00536. The van der Waals surface area contributed by atoms with Crippen molar-refractivity contribution >= 4 is 5.84 Å². The standard InChI is InChI=1S/C13H18N4O/c1-4-11(9(2)3)16-8-10-5-6-15-12(7-10)13(14)17-18/h1,5-7,9,11,16,18H,8H2,2-3H3,(H2,14,17). The summed E-state index contributed by atoms with van der Waals surface area (Å²) in [5.41, 5.74) is 6.90. The number of hydrogen-bond donors (Lipinski definition) is 3. The van der Waals surface area contributed by atoms with Gasteiger partial charge in [0.15, 0.2) is 5.84 Å². The Morgan fingerprint density at radius 1 is 1.67 bits per heavy atom. The van der Waals surface area contributed by atoms with Gasteiger partial charge >= 0.3 is 0 Å². The minimum Gasteiger partial charge on any atom is -0.409 e. The Morgan fingerprint density at radius 2 is 2.39 bits per heavy atom. The van der Waals surface area contributed by atoms with E-state index in [1.165, 1.54) is 0 Å². The zero-order valence-electron chi connectivity index (χ0n) is 10.6. The quantitative estimate of drug-likeness (QED) is 0.237. The molecule has 96 valence electrons. The molecule has 0 aromatic carbocycles. The van der Waals surface area contributed by atoms with Crippen LogP contribution in [-0.4, -0.2) is 22.1 Å². The molecular weight excluding hydrogens is 228 g/mol. The summed E-state index contributed by atoms with van der Waals surface area (Å²) in [7, 11) is 0. The SMILES string of the molecule is C#CC(NCc1ccnc(/C(N)=N/O)c1)C(C)C. The van der Waals surface area contributed by atoms with E-state index in [-0.39, 0.29) is 11.9 Å². The highest BCUT2D eigenvalue weighted by molar-refractivity contribution is 5.95. The molecule has 1 rings (SSSR count). The molecule has 1 aromatic heterocycles. The number of pyridine rings is 1. The van der Waals surface area contributed by atoms with Gasteiger partial charge in [-0.25, -0.2) is 0 Å². The van der Waals surface area contributed by atoms with E-state index in [1.54, 1.807) is 12.3 Å². The van der Waals surface area contributed by atoms with E-state index in [0.717, 1.165) is 5.56 Å². The van der Waals surface area contributed by atoms with E-state index in [4.69, 9.17) is 17.4 Å². The highest BCUT2D eigenvalue weighted by Gasteiger charge is 2.09. The summed E-state index contributed by atoms with van der Waals surface area (Å²) in [5, 5.41) is 14.8. The van der Waals surface area contributed by atoms with Crippen LogP contribution in [0.2, 0.25) is 0 Å². The first-order valence-corrected chi connectivity index (χ1v) is 5.70. The molecule has 0 saturated carbocycles. The van der Waals surface area contributed by atoms with Gasteiger partial charge in [-0.1, -0.05) is 24.9 Å².